The molecule has 29 heavy (non-hydrogen) atoms. The first-order valence-corrected chi connectivity index (χ1v) is 9.94. The first-order chi connectivity index (χ1) is 14.0. The summed E-state index contributed by atoms with van der Waals surface area (Å²) in [5.74, 6) is 0.696. The fourth-order valence-corrected chi connectivity index (χ4v) is 3.74. The van der Waals surface area contributed by atoms with E-state index >= 15 is 0 Å². The van der Waals surface area contributed by atoms with Gasteiger partial charge in [0.25, 0.3) is 5.56 Å². The second-order valence-electron chi connectivity index (χ2n) is 6.07. The van der Waals surface area contributed by atoms with Crippen molar-refractivity contribution in [3.05, 3.63) is 82.2 Å². The first kappa shape index (κ1) is 19.4. The van der Waals surface area contributed by atoms with Crippen LogP contribution >= 0.6 is 23.4 Å². The van der Waals surface area contributed by atoms with E-state index in [-0.39, 0.29) is 11.4 Å². The molecule has 2 heterocycles. The third kappa shape index (κ3) is 4.08. The van der Waals surface area contributed by atoms with Crippen LogP contribution < -0.4 is 5.56 Å². The molecule has 2 aromatic carbocycles. The summed E-state index contributed by atoms with van der Waals surface area (Å²) in [4.78, 5) is 21.7. The van der Waals surface area contributed by atoms with E-state index < -0.39 is 0 Å². The average molecular weight is 429 g/mol. The highest BCUT2D eigenvalue weighted by molar-refractivity contribution is 7.98. The van der Waals surface area contributed by atoms with Crippen molar-refractivity contribution in [1.82, 2.24) is 19.7 Å². The van der Waals surface area contributed by atoms with E-state index in [0.29, 0.717) is 50.7 Å². The summed E-state index contributed by atoms with van der Waals surface area (Å²) in [5, 5.41) is 5.40. The summed E-state index contributed by atoms with van der Waals surface area (Å²) in [6.45, 7) is 4.03. The molecule has 4 aromatic rings. The topological polar surface area (TPSA) is 73.8 Å². The van der Waals surface area contributed by atoms with Gasteiger partial charge in [-0.05, 0) is 42.5 Å². The summed E-state index contributed by atoms with van der Waals surface area (Å²) >= 11 is 7.33. The van der Waals surface area contributed by atoms with E-state index in [0.717, 1.165) is 0 Å². The molecule has 2 aromatic heterocycles. The van der Waals surface area contributed by atoms with Gasteiger partial charge in [-0.2, -0.15) is 4.98 Å². The Morgan fingerprint density at radius 1 is 1.21 bits per heavy atom. The number of benzene rings is 2. The molecule has 9 heteroatoms. The molecule has 6 nitrogen and oxygen atoms in total. The molecule has 0 aliphatic rings. The van der Waals surface area contributed by atoms with Crippen LogP contribution in [0.5, 0.6) is 0 Å². The van der Waals surface area contributed by atoms with E-state index in [4.69, 9.17) is 16.1 Å². The lowest BCUT2D eigenvalue weighted by Gasteiger charge is -2.10. The van der Waals surface area contributed by atoms with Crippen LogP contribution in [0.3, 0.4) is 0 Å². The Kier molecular flexibility index (Phi) is 5.46. The Bertz CT molecular complexity index is 1250. The Hall–Kier alpha value is -2.97. The van der Waals surface area contributed by atoms with Gasteiger partial charge >= 0.3 is 0 Å². The standard InChI is InChI=1S/C20H14ClFN4O2S/c1-2-9-26-19(27)15-8-5-13(21)10-16(15)23-20(26)29-11-17-24-18(25-28-17)12-3-6-14(22)7-4-12/h2-8,10H,1,9,11H2. The number of halogens is 2. The minimum Gasteiger partial charge on any atom is -0.338 e. The van der Waals surface area contributed by atoms with E-state index in [2.05, 4.69) is 21.7 Å². The highest BCUT2D eigenvalue weighted by Gasteiger charge is 2.14. The van der Waals surface area contributed by atoms with Gasteiger partial charge in [0.15, 0.2) is 5.16 Å². The zero-order chi connectivity index (χ0) is 20.4. The van der Waals surface area contributed by atoms with Crippen molar-refractivity contribution in [2.45, 2.75) is 17.5 Å². The molecule has 146 valence electrons. The van der Waals surface area contributed by atoms with Crippen LogP contribution in [0, 0.1) is 5.82 Å². The molecule has 0 radical (unpaired) electrons. The molecule has 0 saturated heterocycles. The Morgan fingerprint density at radius 3 is 2.76 bits per heavy atom. The molecule has 0 fully saturated rings. The van der Waals surface area contributed by atoms with Crippen molar-refractivity contribution in [2.24, 2.45) is 0 Å². The SMILES string of the molecule is C=CCn1c(SCc2nc(-c3ccc(F)cc3)no2)nc2cc(Cl)ccc2c1=O. The van der Waals surface area contributed by atoms with Gasteiger partial charge in [0, 0.05) is 17.1 Å². The highest BCUT2D eigenvalue weighted by atomic mass is 35.5. The zero-order valence-corrected chi connectivity index (χ0v) is 16.6. The summed E-state index contributed by atoms with van der Waals surface area (Å²) in [6.07, 6.45) is 1.63. The van der Waals surface area contributed by atoms with Crippen molar-refractivity contribution in [3.63, 3.8) is 0 Å². The number of allylic oxidation sites excluding steroid dienone is 1. The third-order valence-corrected chi connectivity index (χ3v) is 5.29. The van der Waals surface area contributed by atoms with Gasteiger partial charge in [0.2, 0.25) is 11.7 Å². The van der Waals surface area contributed by atoms with Crippen molar-refractivity contribution in [1.29, 1.82) is 0 Å². The van der Waals surface area contributed by atoms with Crippen molar-refractivity contribution in [3.8, 4) is 11.4 Å². The molecule has 0 unspecified atom stereocenters. The molecule has 0 atom stereocenters. The molecule has 0 aliphatic carbocycles. The van der Waals surface area contributed by atoms with Gasteiger partial charge in [-0.1, -0.05) is 34.6 Å². The largest absolute Gasteiger partial charge is 0.338 e. The maximum atomic E-state index is 13.1. The van der Waals surface area contributed by atoms with Crippen molar-refractivity contribution < 1.29 is 8.91 Å². The Balaban J connectivity index is 1.62. The average Bonchev–Trinajstić information content (AvgIpc) is 3.18. The molecular formula is C20H14ClFN4O2S. The number of hydrogen-bond donors (Lipinski definition) is 0. The predicted molar refractivity (Wildman–Crippen MR) is 110 cm³/mol. The molecular weight excluding hydrogens is 415 g/mol. The van der Waals surface area contributed by atoms with Crippen molar-refractivity contribution >= 4 is 34.3 Å². The molecule has 0 N–H and O–H groups in total. The zero-order valence-electron chi connectivity index (χ0n) is 15.0. The number of rotatable bonds is 6. The predicted octanol–water partition coefficient (Wildman–Crippen LogP) is 4.72. The minimum absolute atomic E-state index is 0.174. The summed E-state index contributed by atoms with van der Waals surface area (Å²) in [7, 11) is 0. The van der Waals surface area contributed by atoms with E-state index in [1.54, 1.807) is 36.4 Å². The Morgan fingerprint density at radius 2 is 2.00 bits per heavy atom. The highest BCUT2D eigenvalue weighted by Crippen LogP contribution is 2.24. The summed E-state index contributed by atoms with van der Waals surface area (Å²) in [6, 6.07) is 10.8. The van der Waals surface area contributed by atoms with E-state index in [1.807, 2.05) is 0 Å². The molecule has 0 spiro atoms. The second-order valence-corrected chi connectivity index (χ2v) is 7.45. The van der Waals surface area contributed by atoms with Gasteiger partial charge in [0.1, 0.15) is 5.82 Å². The molecule has 0 saturated carbocycles. The van der Waals surface area contributed by atoms with Gasteiger partial charge in [-0.15, -0.1) is 6.58 Å². The maximum absolute atomic E-state index is 13.1. The normalized spacial score (nSPS) is 11.1. The van der Waals surface area contributed by atoms with Crippen LogP contribution in [-0.4, -0.2) is 19.7 Å². The molecule has 0 aliphatic heterocycles. The number of fused-ring (bicyclic) bond motifs is 1. The minimum atomic E-state index is -0.337. The van der Waals surface area contributed by atoms with Crippen LogP contribution in [0.25, 0.3) is 22.3 Å². The third-order valence-electron chi connectivity index (χ3n) is 4.09. The maximum Gasteiger partial charge on any atom is 0.262 e. The van der Waals surface area contributed by atoms with Crippen LogP contribution in [0.1, 0.15) is 5.89 Å². The van der Waals surface area contributed by atoms with Crippen LogP contribution in [-0.2, 0) is 12.3 Å². The first-order valence-electron chi connectivity index (χ1n) is 8.57. The van der Waals surface area contributed by atoms with Gasteiger partial charge in [0.05, 0.1) is 16.7 Å². The monoisotopic (exact) mass is 428 g/mol. The molecule has 0 bridgehead atoms. The number of aromatic nitrogens is 4. The van der Waals surface area contributed by atoms with Crippen LogP contribution in [0.15, 0.2) is 69.6 Å². The van der Waals surface area contributed by atoms with Crippen LogP contribution in [0.4, 0.5) is 4.39 Å². The van der Waals surface area contributed by atoms with E-state index in [9.17, 15) is 9.18 Å². The lowest BCUT2D eigenvalue weighted by molar-refractivity contribution is 0.391. The quantitative estimate of drug-likeness (QED) is 0.251. The fourth-order valence-electron chi connectivity index (χ4n) is 2.73. The lowest BCUT2D eigenvalue weighted by Crippen LogP contribution is -2.22. The second kappa shape index (κ2) is 8.18. The van der Waals surface area contributed by atoms with E-state index in [1.165, 1.54) is 28.5 Å². The van der Waals surface area contributed by atoms with Crippen LogP contribution in [0.2, 0.25) is 5.02 Å². The lowest BCUT2D eigenvalue weighted by atomic mass is 10.2. The van der Waals surface area contributed by atoms with Gasteiger partial charge in [-0.25, -0.2) is 9.37 Å². The summed E-state index contributed by atoms with van der Waals surface area (Å²) in [5.41, 5.74) is 0.989. The number of thioether (sulfide) groups is 1. The number of hydrogen-bond acceptors (Lipinski definition) is 6. The van der Waals surface area contributed by atoms with Gasteiger partial charge in [-0.3, -0.25) is 9.36 Å². The van der Waals surface area contributed by atoms with Gasteiger partial charge < -0.3 is 4.52 Å². The number of nitrogens with zero attached hydrogens (tertiary/aromatic N) is 4. The summed E-state index contributed by atoms with van der Waals surface area (Å²) < 4.78 is 19.9. The smallest absolute Gasteiger partial charge is 0.262 e. The fraction of sp³-hybridized carbons (Fsp3) is 0.100. The molecule has 4 rings (SSSR count). The Labute approximate surface area is 174 Å². The molecule has 0 amide bonds. The van der Waals surface area contributed by atoms with Crippen molar-refractivity contribution in [2.75, 3.05) is 0 Å².